The number of hydrogen-bond donors (Lipinski definition) is 7. The van der Waals surface area contributed by atoms with Gasteiger partial charge in [0.05, 0.1) is 38.6 Å². The van der Waals surface area contributed by atoms with Gasteiger partial charge >= 0.3 is 12.1 Å². The van der Waals surface area contributed by atoms with Gasteiger partial charge in [0.25, 0.3) is 0 Å². The number of carbonyl (C=O) groups is 3. The minimum Gasteiger partial charge on any atom is -0.479 e. The Morgan fingerprint density at radius 1 is 1.14 bits per heavy atom. The third-order valence-corrected chi connectivity index (χ3v) is 5.33. The molecule has 0 aromatic heterocycles. The van der Waals surface area contributed by atoms with Crippen molar-refractivity contribution in [3.63, 3.8) is 0 Å². The van der Waals surface area contributed by atoms with Crippen LogP contribution in [0.15, 0.2) is 0 Å². The highest BCUT2D eigenvalue weighted by Crippen LogP contribution is 2.36. The number of alkyl carbamates (subject to hydrolysis) is 1. The number of carboxylic acid groups (broad SMARTS) is 1. The molecule has 7 N–H and O–H groups in total. The molecule has 0 bridgehead atoms. The minimum absolute atomic E-state index is 0.0128. The summed E-state index contributed by atoms with van der Waals surface area (Å²) in [7, 11) is 1.52. The van der Waals surface area contributed by atoms with E-state index in [-0.39, 0.29) is 25.6 Å². The highest BCUT2D eigenvalue weighted by atomic mass is 16.6. The second-order valence-electron chi connectivity index (χ2n) is 8.68. The number of hydrogen-bond acceptors (Lipinski definition) is 11. The van der Waals surface area contributed by atoms with Gasteiger partial charge < -0.3 is 55.1 Å². The van der Waals surface area contributed by atoms with Gasteiger partial charge in [0.15, 0.2) is 5.60 Å². The third kappa shape index (κ3) is 9.83. The molecule has 14 nitrogen and oxygen atoms in total. The lowest BCUT2D eigenvalue weighted by Crippen LogP contribution is -2.68. The summed E-state index contributed by atoms with van der Waals surface area (Å²) in [6.45, 7) is 2.85. The van der Waals surface area contributed by atoms with E-state index < -0.39 is 73.6 Å². The largest absolute Gasteiger partial charge is 0.479 e. The minimum atomic E-state index is -1.89. The number of carboxylic acids is 1. The lowest BCUT2D eigenvalue weighted by molar-refractivity contribution is -0.233. The lowest BCUT2D eigenvalue weighted by atomic mass is 9.79. The van der Waals surface area contributed by atoms with E-state index in [4.69, 9.17) is 18.9 Å². The number of nitrogens with one attached hydrogen (secondary N) is 2. The van der Waals surface area contributed by atoms with Gasteiger partial charge in [0, 0.05) is 13.5 Å². The van der Waals surface area contributed by atoms with Crippen molar-refractivity contribution in [3.05, 3.63) is 0 Å². The number of aliphatic hydroxyl groups excluding tert-OH is 4. The third-order valence-electron chi connectivity index (χ3n) is 5.33. The highest BCUT2D eigenvalue weighted by Gasteiger charge is 2.54. The zero-order valence-corrected chi connectivity index (χ0v) is 20.2. The predicted molar refractivity (Wildman–Crippen MR) is 118 cm³/mol. The maximum Gasteiger partial charge on any atom is 0.407 e. The molecule has 1 fully saturated rings. The first kappa shape index (κ1) is 31.0. The molecule has 1 aliphatic rings. The second kappa shape index (κ2) is 15.1. The van der Waals surface area contributed by atoms with Crippen LogP contribution in [0.5, 0.6) is 0 Å². The van der Waals surface area contributed by atoms with Crippen LogP contribution in [-0.2, 0) is 28.5 Å². The van der Waals surface area contributed by atoms with Crippen molar-refractivity contribution in [1.29, 1.82) is 0 Å². The molecular formula is C21H38N2O12. The Labute approximate surface area is 203 Å². The van der Waals surface area contributed by atoms with Gasteiger partial charge in [-0.15, -0.1) is 0 Å². The van der Waals surface area contributed by atoms with E-state index in [0.29, 0.717) is 13.2 Å². The van der Waals surface area contributed by atoms with Crippen LogP contribution in [0.25, 0.3) is 0 Å². The molecule has 0 aliphatic carbocycles. The number of carbonyl (C=O) groups excluding carboxylic acids is 2. The van der Waals surface area contributed by atoms with Gasteiger partial charge in [0.1, 0.15) is 31.5 Å². The predicted octanol–water partition coefficient (Wildman–Crippen LogP) is -2.41. The topological polar surface area (TPSA) is 213 Å². The van der Waals surface area contributed by atoms with Crippen molar-refractivity contribution in [2.45, 2.75) is 62.7 Å². The molecule has 1 heterocycles. The van der Waals surface area contributed by atoms with Crippen molar-refractivity contribution in [1.82, 2.24) is 10.6 Å². The summed E-state index contributed by atoms with van der Waals surface area (Å²) in [6, 6.07) is -1.34. The number of ether oxygens (including phenoxy) is 4. The lowest BCUT2D eigenvalue weighted by Gasteiger charge is -2.47. The second-order valence-corrected chi connectivity index (χ2v) is 8.68. The monoisotopic (exact) mass is 510 g/mol. The molecule has 14 heteroatoms. The standard InChI is InChI=1S/C21H38N2O12/c1-12(2)8-21(19(29)30)9-13(25)16(18(35-21)17(28)14(26)11-24)23-15(27)10-22-20(31)34-7-6-33-5-4-32-3/h12-14,16-18,24-26,28H,4-11H2,1-3H3,(H,22,31)(H,23,27)(H,29,30)/t13-,14-,16-,17-,18?,21-/m1/s1. The van der Waals surface area contributed by atoms with Crippen LogP contribution in [0.1, 0.15) is 26.7 Å². The number of aliphatic carboxylic acids is 1. The van der Waals surface area contributed by atoms with Crippen LogP contribution >= 0.6 is 0 Å². The fraction of sp³-hybridized carbons (Fsp3) is 0.857. The maximum absolute atomic E-state index is 12.4. The van der Waals surface area contributed by atoms with Gasteiger partial charge in [-0.3, -0.25) is 4.79 Å². The van der Waals surface area contributed by atoms with Crippen LogP contribution in [0.3, 0.4) is 0 Å². The molecule has 35 heavy (non-hydrogen) atoms. The van der Waals surface area contributed by atoms with Crippen molar-refractivity contribution >= 4 is 18.0 Å². The van der Waals surface area contributed by atoms with Gasteiger partial charge in [0.2, 0.25) is 5.91 Å². The average molecular weight is 511 g/mol. The Bertz CT molecular complexity index is 679. The van der Waals surface area contributed by atoms with E-state index >= 15 is 0 Å². The Hall–Kier alpha value is -2.07. The van der Waals surface area contributed by atoms with E-state index in [1.807, 2.05) is 0 Å². The van der Waals surface area contributed by atoms with E-state index in [9.17, 15) is 39.9 Å². The summed E-state index contributed by atoms with van der Waals surface area (Å²) in [5, 5.41) is 54.7. The molecule has 0 aromatic carbocycles. The van der Waals surface area contributed by atoms with Crippen molar-refractivity contribution < 1.29 is 58.9 Å². The van der Waals surface area contributed by atoms with Gasteiger partial charge in [-0.1, -0.05) is 13.8 Å². The van der Waals surface area contributed by atoms with Gasteiger partial charge in [-0.2, -0.15) is 0 Å². The van der Waals surface area contributed by atoms with Crippen LogP contribution in [0.4, 0.5) is 4.79 Å². The fourth-order valence-corrected chi connectivity index (χ4v) is 3.75. The molecular weight excluding hydrogens is 472 g/mol. The number of rotatable bonds is 15. The highest BCUT2D eigenvalue weighted by molar-refractivity contribution is 5.82. The van der Waals surface area contributed by atoms with Crippen LogP contribution < -0.4 is 10.6 Å². The Morgan fingerprint density at radius 2 is 1.80 bits per heavy atom. The summed E-state index contributed by atoms with van der Waals surface area (Å²) in [6.07, 6.45) is -7.93. The van der Waals surface area contributed by atoms with E-state index in [1.54, 1.807) is 13.8 Å². The Morgan fingerprint density at radius 3 is 2.37 bits per heavy atom. The molecule has 0 spiro atoms. The van der Waals surface area contributed by atoms with Crippen molar-refractivity contribution in [3.8, 4) is 0 Å². The molecule has 6 atom stereocenters. The number of methoxy groups -OCH3 is 1. The average Bonchev–Trinajstić information content (AvgIpc) is 2.79. The molecule has 0 radical (unpaired) electrons. The molecule has 2 amide bonds. The molecule has 1 unspecified atom stereocenters. The summed E-state index contributed by atoms with van der Waals surface area (Å²) in [4.78, 5) is 36.2. The Balaban J connectivity index is 2.79. The van der Waals surface area contributed by atoms with Gasteiger partial charge in [-0.25, -0.2) is 9.59 Å². The zero-order valence-electron chi connectivity index (χ0n) is 20.2. The summed E-state index contributed by atoms with van der Waals surface area (Å²) >= 11 is 0. The Kier molecular flexibility index (Phi) is 13.4. The van der Waals surface area contributed by atoms with Crippen LogP contribution in [0, 0.1) is 5.92 Å². The molecule has 0 saturated carbocycles. The van der Waals surface area contributed by atoms with Gasteiger partial charge in [-0.05, 0) is 12.3 Å². The zero-order chi connectivity index (χ0) is 26.6. The molecule has 204 valence electrons. The molecule has 1 rings (SSSR count). The van der Waals surface area contributed by atoms with Crippen molar-refractivity contribution in [2.75, 3.05) is 46.7 Å². The smallest absolute Gasteiger partial charge is 0.407 e. The van der Waals surface area contributed by atoms with E-state index in [1.165, 1.54) is 7.11 Å². The first-order chi connectivity index (χ1) is 16.5. The first-order valence-electron chi connectivity index (χ1n) is 11.3. The molecule has 1 aliphatic heterocycles. The SMILES string of the molecule is COCCOCCOC(=O)NCC(=O)N[C@H]1C([C@H](O)[C@H](O)CO)O[C@@](CC(C)C)(C(=O)O)C[C@H]1O. The maximum atomic E-state index is 12.4. The van der Waals surface area contributed by atoms with Crippen molar-refractivity contribution in [2.24, 2.45) is 5.92 Å². The number of amides is 2. The summed E-state index contributed by atoms with van der Waals surface area (Å²) in [5.41, 5.74) is -1.89. The van der Waals surface area contributed by atoms with E-state index in [0.717, 1.165) is 0 Å². The normalized spacial score (nSPS) is 26.1. The quantitative estimate of drug-likeness (QED) is 0.115. The summed E-state index contributed by atoms with van der Waals surface area (Å²) in [5.74, 6) is -2.33. The first-order valence-corrected chi connectivity index (χ1v) is 11.3. The molecule has 0 aromatic rings. The fourth-order valence-electron chi connectivity index (χ4n) is 3.75. The van der Waals surface area contributed by atoms with Crippen LogP contribution in [-0.4, -0.2) is 126 Å². The van der Waals surface area contributed by atoms with E-state index in [2.05, 4.69) is 10.6 Å². The number of aliphatic hydroxyl groups is 4. The molecule has 1 saturated heterocycles. The van der Waals surface area contributed by atoms with Crippen LogP contribution in [0.2, 0.25) is 0 Å². The summed E-state index contributed by atoms with van der Waals surface area (Å²) < 4.78 is 20.5.